The predicted octanol–water partition coefficient (Wildman–Crippen LogP) is 18.7. The third-order valence-corrected chi connectivity index (χ3v) is 15.7. The van der Waals surface area contributed by atoms with Crippen LogP contribution in [-0.2, 0) is 28.0 Å². The van der Waals surface area contributed by atoms with Gasteiger partial charge in [-0.2, -0.15) is 0 Å². The van der Waals surface area contributed by atoms with Crippen molar-refractivity contribution in [2.75, 3.05) is 16.5 Å². The van der Waals surface area contributed by atoms with Crippen LogP contribution in [0.2, 0.25) is 0 Å². The van der Waals surface area contributed by atoms with Gasteiger partial charge in [-0.25, -0.2) is 4.98 Å². The fourth-order valence-corrected chi connectivity index (χ4v) is 11.4. The first kappa shape index (κ1) is 45.7. The molecule has 0 fully saturated rings. The van der Waals surface area contributed by atoms with Crippen molar-refractivity contribution in [3.63, 3.8) is 0 Å². The van der Waals surface area contributed by atoms with E-state index in [9.17, 15) is 2.74 Å². The van der Waals surface area contributed by atoms with Crippen LogP contribution in [0, 0.1) is 5.92 Å². The van der Waals surface area contributed by atoms with Crippen LogP contribution in [0.5, 0.6) is 11.5 Å². The molecule has 0 N–H and O–H groups in total. The van der Waals surface area contributed by atoms with Crippen LogP contribution in [0.15, 0.2) is 164 Å². The first-order chi connectivity index (χ1) is 35.5. The maximum atomic E-state index is 9.64. The zero-order valence-electron chi connectivity index (χ0n) is 47.0. The van der Waals surface area contributed by atoms with E-state index in [1.54, 1.807) is 0 Å². The molecule has 2 aliphatic rings. The summed E-state index contributed by atoms with van der Waals surface area (Å²) in [4.78, 5) is 9.76. The number of pyridine rings is 1. The van der Waals surface area contributed by atoms with Gasteiger partial charge in [0.25, 0.3) is 0 Å². The second-order valence-electron chi connectivity index (χ2n) is 24.3. The van der Waals surface area contributed by atoms with Crippen molar-refractivity contribution in [2.45, 2.75) is 124 Å². The van der Waals surface area contributed by atoms with Gasteiger partial charge in [0.05, 0.1) is 28.1 Å². The first-order valence-corrected chi connectivity index (χ1v) is 26.4. The lowest BCUT2D eigenvalue weighted by Crippen LogP contribution is -2.33. The lowest BCUT2D eigenvalue weighted by Gasteiger charge is -2.42. The second-order valence-corrected chi connectivity index (χ2v) is 24.3. The van der Waals surface area contributed by atoms with Crippen molar-refractivity contribution in [3.05, 3.63) is 192 Å². The Bertz CT molecular complexity index is 3660. The molecule has 11 rings (SSSR count). The summed E-state index contributed by atoms with van der Waals surface area (Å²) in [6.07, 6.45) is 2.56. The number of para-hydroxylation sites is 3. The minimum atomic E-state index is -1.59. The van der Waals surface area contributed by atoms with E-state index in [0.29, 0.717) is 12.2 Å². The van der Waals surface area contributed by atoms with Crippen molar-refractivity contribution in [3.8, 4) is 39.6 Å². The molecule has 0 atom stereocenters. The van der Waals surface area contributed by atoms with Gasteiger partial charge in [-0.15, -0.1) is 0 Å². The molecular weight excluding hydrogens is 889 g/mol. The van der Waals surface area contributed by atoms with E-state index in [-0.39, 0.29) is 27.6 Å². The highest BCUT2D eigenvalue weighted by Crippen LogP contribution is 2.53. The Morgan fingerprint density at radius 1 is 0.575 bits per heavy atom. The molecule has 1 aliphatic heterocycles. The molecule has 7 aromatic carbocycles. The van der Waals surface area contributed by atoms with Crippen LogP contribution in [-0.4, -0.2) is 16.2 Å². The summed E-state index contributed by atoms with van der Waals surface area (Å²) in [6, 6.07) is 56.8. The van der Waals surface area contributed by atoms with Crippen molar-refractivity contribution in [1.29, 1.82) is 0 Å². The Morgan fingerprint density at radius 2 is 1.21 bits per heavy atom. The number of hydrogen-bond donors (Lipinski definition) is 0. The molecule has 0 amide bonds. The Morgan fingerprint density at radius 3 is 1.92 bits per heavy atom. The van der Waals surface area contributed by atoms with Gasteiger partial charge in [-0.1, -0.05) is 162 Å². The van der Waals surface area contributed by atoms with E-state index in [0.717, 1.165) is 91.6 Å². The summed E-state index contributed by atoms with van der Waals surface area (Å²) in [6.45, 7) is 27.5. The van der Waals surface area contributed by atoms with Gasteiger partial charge >= 0.3 is 0 Å². The maximum absolute atomic E-state index is 9.64. The van der Waals surface area contributed by atoms with E-state index in [1.165, 1.54) is 27.6 Å². The smallest absolute Gasteiger partial charge is 0.137 e. The van der Waals surface area contributed by atoms with Gasteiger partial charge in [0.2, 0.25) is 0 Å². The van der Waals surface area contributed by atoms with Crippen molar-refractivity contribution >= 4 is 44.6 Å². The minimum Gasteiger partial charge on any atom is -0.457 e. The van der Waals surface area contributed by atoms with Gasteiger partial charge in [0.15, 0.2) is 0 Å². The molecule has 2 aromatic heterocycles. The summed E-state index contributed by atoms with van der Waals surface area (Å²) < 4.78 is 28.4. The maximum Gasteiger partial charge on any atom is 0.137 e. The quantitative estimate of drug-likeness (QED) is 0.144. The molecule has 370 valence electrons. The molecule has 5 nitrogen and oxygen atoms in total. The van der Waals surface area contributed by atoms with E-state index in [4.69, 9.17) is 9.72 Å². The van der Waals surface area contributed by atoms with Crippen molar-refractivity contribution in [1.82, 2.24) is 9.55 Å². The van der Waals surface area contributed by atoms with Crippen LogP contribution in [0.3, 0.4) is 0 Å². The van der Waals surface area contributed by atoms with Gasteiger partial charge in [0, 0.05) is 48.7 Å². The zero-order valence-corrected chi connectivity index (χ0v) is 45.0. The highest BCUT2D eigenvalue weighted by atomic mass is 16.5. The summed E-state index contributed by atoms with van der Waals surface area (Å²) >= 11 is 0. The third-order valence-electron chi connectivity index (χ3n) is 15.7. The molecule has 0 spiro atoms. The SMILES string of the molecule is [2H]C([2H])(c1cc(-c2ccc(C(C)(C)C)cc2)c(N2CN(c3cccc(Oc4ccc5c6ccccc6n(-c6cc(C(C)(C)C)ccn6)c5c4)c3)c3ccccc32)c(-c2ccc3c(c2)C(C)(C)CCC3(C)C)c1)C(C)C. The fraction of sp³-hybridized carbons (Fsp3) is 0.309. The molecule has 5 heteroatoms. The average Bonchev–Trinajstić information content (AvgIpc) is 3.94. The van der Waals surface area contributed by atoms with Crippen molar-refractivity contribution < 1.29 is 7.48 Å². The minimum absolute atomic E-state index is 0.0135. The normalized spacial score (nSPS) is 15.9. The molecule has 0 unspecified atom stereocenters. The Hall–Kier alpha value is -7.11. The zero-order chi connectivity index (χ0) is 53.0. The second kappa shape index (κ2) is 17.8. The molecule has 0 saturated heterocycles. The van der Waals surface area contributed by atoms with Gasteiger partial charge in [-0.05, 0) is 152 Å². The molecule has 3 heterocycles. The number of fused-ring (bicyclic) bond motifs is 5. The molecule has 9 aromatic rings. The lowest BCUT2D eigenvalue weighted by atomic mass is 9.63. The van der Waals surface area contributed by atoms with Gasteiger partial charge in [-0.3, -0.25) is 4.57 Å². The number of aromatic nitrogens is 2. The molecule has 73 heavy (non-hydrogen) atoms. The molecular formula is C68H72N4O. The van der Waals surface area contributed by atoms with E-state index < -0.39 is 6.37 Å². The molecule has 0 radical (unpaired) electrons. The number of hydrogen-bond acceptors (Lipinski definition) is 4. The first-order valence-electron chi connectivity index (χ1n) is 27.4. The Kier molecular flexibility index (Phi) is 11.2. The Balaban J connectivity index is 1.04. The van der Waals surface area contributed by atoms with Crippen LogP contribution in [0.1, 0.15) is 126 Å². The average molecular weight is 963 g/mol. The summed E-state index contributed by atoms with van der Waals surface area (Å²) in [5.74, 6) is 2.11. The number of ether oxygens (including phenoxy) is 1. The lowest BCUT2D eigenvalue weighted by molar-refractivity contribution is 0.332. The van der Waals surface area contributed by atoms with E-state index >= 15 is 0 Å². The molecule has 1 aliphatic carbocycles. The Labute approximate surface area is 437 Å². The van der Waals surface area contributed by atoms with E-state index in [2.05, 4.69) is 235 Å². The van der Waals surface area contributed by atoms with Crippen molar-refractivity contribution in [2.24, 2.45) is 5.92 Å². The summed E-state index contributed by atoms with van der Waals surface area (Å²) in [7, 11) is 0. The topological polar surface area (TPSA) is 33.5 Å². The summed E-state index contributed by atoms with van der Waals surface area (Å²) in [5.41, 5.74) is 16.5. The predicted molar refractivity (Wildman–Crippen MR) is 309 cm³/mol. The number of anilines is 4. The standard InChI is InChI=1S/C68H72N4O/c1-44(2)36-45-37-55(46-24-27-48(28-25-46)65(3,4)5)64(56(38-45)47-26-31-57-58(39-47)68(11,12)34-33-67(57,9)10)71-43-70(60-22-15-16-23-61(60)71)50-18-17-19-51(41-50)73-52-29-30-54-53-20-13-14-21-59(53)72(62(54)42-52)63-40-49(32-35-69-63)66(6,7)8/h13-32,35,37-42,44H,33-34,36,43H2,1-12H3/i36D2. The number of nitrogens with zero attached hydrogens (tertiary/aromatic N) is 4. The van der Waals surface area contributed by atoms with Gasteiger partial charge in [0.1, 0.15) is 24.0 Å². The van der Waals surface area contributed by atoms with Crippen LogP contribution < -0.4 is 14.5 Å². The van der Waals surface area contributed by atoms with Gasteiger partial charge < -0.3 is 14.5 Å². The van der Waals surface area contributed by atoms with Crippen LogP contribution in [0.4, 0.5) is 22.7 Å². The molecule has 0 saturated carbocycles. The number of benzene rings is 7. The molecule has 0 bridgehead atoms. The highest BCUT2D eigenvalue weighted by molar-refractivity contribution is 6.09. The highest BCUT2D eigenvalue weighted by Gasteiger charge is 2.38. The number of rotatable bonds is 9. The largest absolute Gasteiger partial charge is 0.457 e. The monoisotopic (exact) mass is 963 g/mol. The summed E-state index contributed by atoms with van der Waals surface area (Å²) in [5, 5.41) is 2.31. The fourth-order valence-electron chi connectivity index (χ4n) is 11.4. The van der Waals surface area contributed by atoms with Crippen LogP contribution >= 0.6 is 0 Å². The van der Waals surface area contributed by atoms with Crippen LogP contribution in [0.25, 0.3) is 49.9 Å². The van der Waals surface area contributed by atoms with E-state index in [1.807, 2.05) is 26.1 Å². The third kappa shape index (κ3) is 8.89.